The van der Waals surface area contributed by atoms with Gasteiger partial charge >= 0.3 is 0 Å². The van der Waals surface area contributed by atoms with Crippen LogP contribution in [-0.2, 0) is 11.2 Å². The Bertz CT molecular complexity index is 250. The van der Waals surface area contributed by atoms with Gasteiger partial charge in [0.25, 0.3) is 0 Å². The van der Waals surface area contributed by atoms with Crippen LogP contribution in [0.25, 0.3) is 0 Å². The third-order valence-corrected chi connectivity index (χ3v) is 1.81. The molecule has 0 amide bonds. The highest BCUT2D eigenvalue weighted by Gasteiger charge is 1.97. The van der Waals surface area contributed by atoms with E-state index in [9.17, 15) is 0 Å². The van der Waals surface area contributed by atoms with E-state index in [1.807, 2.05) is 6.07 Å². The third kappa shape index (κ3) is 3.42. The third-order valence-electron chi connectivity index (χ3n) is 1.81. The van der Waals surface area contributed by atoms with Gasteiger partial charge in [0.1, 0.15) is 0 Å². The largest absolute Gasteiger partial charge is 0.398 e. The molecular formula is C10H16N2O. The SMILES string of the molecule is CCCOCCc1cnccc1N. The molecule has 0 aliphatic rings. The van der Waals surface area contributed by atoms with E-state index in [1.54, 1.807) is 12.4 Å². The number of anilines is 1. The van der Waals surface area contributed by atoms with Crippen molar-refractivity contribution in [1.29, 1.82) is 0 Å². The zero-order valence-corrected chi connectivity index (χ0v) is 7.99. The van der Waals surface area contributed by atoms with Gasteiger partial charge in [-0.3, -0.25) is 4.98 Å². The van der Waals surface area contributed by atoms with Crippen molar-refractivity contribution in [2.45, 2.75) is 19.8 Å². The predicted octanol–water partition coefficient (Wildman–Crippen LogP) is 1.63. The summed E-state index contributed by atoms with van der Waals surface area (Å²) in [4.78, 5) is 4.01. The second kappa shape index (κ2) is 5.54. The van der Waals surface area contributed by atoms with Crippen molar-refractivity contribution in [3.05, 3.63) is 24.0 Å². The molecule has 0 aliphatic carbocycles. The van der Waals surface area contributed by atoms with Crippen LogP contribution in [0.3, 0.4) is 0 Å². The van der Waals surface area contributed by atoms with Gasteiger partial charge in [-0.15, -0.1) is 0 Å². The zero-order valence-electron chi connectivity index (χ0n) is 7.99. The van der Waals surface area contributed by atoms with Crippen LogP contribution in [0.1, 0.15) is 18.9 Å². The normalized spacial score (nSPS) is 10.2. The first-order valence-corrected chi connectivity index (χ1v) is 4.60. The van der Waals surface area contributed by atoms with Crippen LogP contribution in [-0.4, -0.2) is 18.2 Å². The number of rotatable bonds is 5. The molecule has 0 fully saturated rings. The zero-order chi connectivity index (χ0) is 9.52. The maximum atomic E-state index is 5.74. The molecule has 0 bridgehead atoms. The van der Waals surface area contributed by atoms with Crippen molar-refractivity contribution in [2.75, 3.05) is 18.9 Å². The molecule has 0 unspecified atom stereocenters. The molecule has 1 rings (SSSR count). The standard InChI is InChI=1S/C10H16N2O/c1-2-6-13-7-4-9-8-12-5-3-10(9)11/h3,5,8H,2,4,6-7H2,1H3,(H2,11,12). The first-order chi connectivity index (χ1) is 6.34. The molecule has 1 aromatic rings. The Morgan fingerprint density at radius 2 is 2.31 bits per heavy atom. The molecule has 3 heteroatoms. The Morgan fingerprint density at radius 1 is 1.46 bits per heavy atom. The van der Waals surface area contributed by atoms with E-state index < -0.39 is 0 Å². The Morgan fingerprint density at radius 3 is 3.00 bits per heavy atom. The van der Waals surface area contributed by atoms with E-state index in [-0.39, 0.29) is 0 Å². The summed E-state index contributed by atoms with van der Waals surface area (Å²) in [6.07, 6.45) is 5.40. The molecule has 0 radical (unpaired) electrons. The molecule has 0 aliphatic heterocycles. The Labute approximate surface area is 78.9 Å². The van der Waals surface area contributed by atoms with Gasteiger partial charge in [0, 0.05) is 24.7 Å². The first kappa shape index (κ1) is 9.99. The van der Waals surface area contributed by atoms with Crippen molar-refractivity contribution >= 4 is 5.69 Å². The van der Waals surface area contributed by atoms with Crippen molar-refractivity contribution in [2.24, 2.45) is 0 Å². The summed E-state index contributed by atoms with van der Waals surface area (Å²) in [5.41, 5.74) is 7.61. The molecule has 0 aromatic carbocycles. The summed E-state index contributed by atoms with van der Waals surface area (Å²) in [5.74, 6) is 0. The average molecular weight is 180 g/mol. The van der Waals surface area contributed by atoms with Gasteiger partial charge in [-0.25, -0.2) is 0 Å². The van der Waals surface area contributed by atoms with Crippen LogP contribution in [0.15, 0.2) is 18.5 Å². The van der Waals surface area contributed by atoms with Crippen LogP contribution in [0.4, 0.5) is 5.69 Å². The monoisotopic (exact) mass is 180 g/mol. The summed E-state index contributed by atoms with van der Waals surface area (Å²) in [7, 11) is 0. The van der Waals surface area contributed by atoms with Crippen LogP contribution in [0, 0.1) is 0 Å². The number of nitrogens with zero attached hydrogens (tertiary/aromatic N) is 1. The fraction of sp³-hybridized carbons (Fsp3) is 0.500. The summed E-state index contributed by atoms with van der Waals surface area (Å²) in [6, 6.07) is 1.81. The molecule has 72 valence electrons. The van der Waals surface area contributed by atoms with Gasteiger partial charge < -0.3 is 10.5 Å². The number of aromatic nitrogens is 1. The van der Waals surface area contributed by atoms with Gasteiger partial charge in [0.2, 0.25) is 0 Å². The van der Waals surface area contributed by atoms with Crippen LogP contribution < -0.4 is 5.73 Å². The topological polar surface area (TPSA) is 48.1 Å². The molecule has 13 heavy (non-hydrogen) atoms. The maximum absolute atomic E-state index is 5.74. The van der Waals surface area contributed by atoms with Crippen LogP contribution >= 0.6 is 0 Å². The Kier molecular flexibility index (Phi) is 4.26. The minimum atomic E-state index is 0.726. The van der Waals surface area contributed by atoms with Crippen molar-refractivity contribution < 1.29 is 4.74 Å². The average Bonchev–Trinajstić information content (AvgIpc) is 2.15. The number of nitrogens with two attached hydrogens (primary N) is 1. The number of pyridine rings is 1. The molecule has 3 nitrogen and oxygen atoms in total. The van der Waals surface area contributed by atoms with E-state index in [2.05, 4.69) is 11.9 Å². The van der Waals surface area contributed by atoms with Crippen molar-refractivity contribution in [3.8, 4) is 0 Å². The summed E-state index contributed by atoms with van der Waals surface area (Å²) < 4.78 is 5.36. The predicted molar refractivity (Wildman–Crippen MR) is 53.5 cm³/mol. The van der Waals surface area contributed by atoms with Gasteiger partial charge in [0.15, 0.2) is 0 Å². The highest BCUT2D eigenvalue weighted by Crippen LogP contribution is 2.08. The lowest BCUT2D eigenvalue weighted by Gasteiger charge is -2.04. The summed E-state index contributed by atoms with van der Waals surface area (Å²) in [5, 5.41) is 0. The smallest absolute Gasteiger partial charge is 0.0507 e. The van der Waals surface area contributed by atoms with Crippen molar-refractivity contribution in [1.82, 2.24) is 4.98 Å². The van der Waals surface area contributed by atoms with Gasteiger partial charge in [0.05, 0.1) is 6.61 Å². The van der Waals surface area contributed by atoms with Gasteiger partial charge in [-0.1, -0.05) is 6.92 Å². The van der Waals surface area contributed by atoms with E-state index in [0.717, 1.165) is 37.3 Å². The molecule has 1 heterocycles. The fourth-order valence-electron chi connectivity index (χ4n) is 1.08. The van der Waals surface area contributed by atoms with E-state index in [4.69, 9.17) is 10.5 Å². The summed E-state index contributed by atoms with van der Waals surface area (Å²) >= 11 is 0. The molecule has 0 saturated heterocycles. The molecule has 1 aromatic heterocycles. The highest BCUT2D eigenvalue weighted by molar-refractivity contribution is 5.44. The molecule has 2 N–H and O–H groups in total. The Balaban J connectivity index is 2.32. The fourth-order valence-corrected chi connectivity index (χ4v) is 1.08. The lowest BCUT2D eigenvalue weighted by atomic mass is 10.2. The molecule has 0 atom stereocenters. The van der Waals surface area contributed by atoms with Crippen molar-refractivity contribution in [3.63, 3.8) is 0 Å². The quantitative estimate of drug-likeness (QED) is 0.701. The number of ether oxygens (including phenoxy) is 1. The molecular weight excluding hydrogens is 164 g/mol. The highest BCUT2D eigenvalue weighted by atomic mass is 16.5. The van der Waals surface area contributed by atoms with E-state index in [1.165, 1.54) is 0 Å². The molecule has 0 spiro atoms. The lowest BCUT2D eigenvalue weighted by molar-refractivity contribution is 0.138. The second-order valence-electron chi connectivity index (χ2n) is 2.94. The van der Waals surface area contributed by atoms with Gasteiger partial charge in [-0.2, -0.15) is 0 Å². The molecule has 0 saturated carbocycles. The Hall–Kier alpha value is -1.09. The minimum Gasteiger partial charge on any atom is -0.398 e. The van der Waals surface area contributed by atoms with Crippen LogP contribution in [0.2, 0.25) is 0 Å². The van der Waals surface area contributed by atoms with Gasteiger partial charge in [-0.05, 0) is 24.5 Å². The minimum absolute atomic E-state index is 0.726. The lowest BCUT2D eigenvalue weighted by Crippen LogP contribution is -2.02. The van der Waals surface area contributed by atoms with E-state index in [0.29, 0.717) is 0 Å². The van der Waals surface area contributed by atoms with Crippen LogP contribution in [0.5, 0.6) is 0 Å². The first-order valence-electron chi connectivity index (χ1n) is 4.60. The number of hydrogen-bond acceptors (Lipinski definition) is 3. The number of nitrogen functional groups attached to an aromatic ring is 1. The second-order valence-corrected chi connectivity index (χ2v) is 2.94. The summed E-state index contributed by atoms with van der Waals surface area (Å²) in [6.45, 7) is 3.64. The van der Waals surface area contributed by atoms with E-state index >= 15 is 0 Å². The maximum Gasteiger partial charge on any atom is 0.0507 e. The number of hydrogen-bond donors (Lipinski definition) is 1.